The molecular weight excluding hydrogens is 468 g/mol. The van der Waals surface area contributed by atoms with Gasteiger partial charge in [-0.3, -0.25) is 14.4 Å². The number of anilines is 2. The molecule has 180 valence electrons. The molecule has 0 bridgehead atoms. The van der Waals surface area contributed by atoms with Crippen LogP contribution in [0.15, 0.2) is 77.9 Å². The van der Waals surface area contributed by atoms with Crippen molar-refractivity contribution in [1.82, 2.24) is 5.43 Å². The zero-order chi connectivity index (χ0) is 25.0. The molecule has 0 radical (unpaired) electrons. The quantitative estimate of drug-likeness (QED) is 0.171. The normalized spacial score (nSPS) is 10.6. The number of benzene rings is 3. The molecule has 35 heavy (non-hydrogen) atoms. The van der Waals surface area contributed by atoms with Crippen molar-refractivity contribution >= 4 is 46.9 Å². The maximum Gasteiger partial charge on any atom is 0.329 e. The van der Waals surface area contributed by atoms with E-state index in [0.29, 0.717) is 17.3 Å². The van der Waals surface area contributed by atoms with Gasteiger partial charge in [-0.05, 0) is 72.6 Å². The summed E-state index contributed by atoms with van der Waals surface area (Å²) in [4.78, 5) is 37.2. The minimum Gasteiger partial charge on any atom is -0.494 e. The van der Waals surface area contributed by atoms with Crippen LogP contribution >= 0.6 is 11.6 Å². The van der Waals surface area contributed by atoms with Crippen LogP contribution in [0.1, 0.15) is 35.7 Å². The Balaban J connectivity index is 1.55. The SMILES string of the molecule is CCCCOc1ccc(/C=N/NC(=O)C(=O)Nc2ccccc2C(=O)Nc2ccc(Cl)cc2)cc1. The van der Waals surface area contributed by atoms with Gasteiger partial charge in [0.15, 0.2) is 0 Å². The number of unbranched alkanes of at least 4 members (excludes halogenated alkanes) is 1. The number of hydrogen-bond donors (Lipinski definition) is 3. The highest BCUT2D eigenvalue weighted by Gasteiger charge is 2.17. The largest absolute Gasteiger partial charge is 0.494 e. The Labute approximate surface area is 208 Å². The maximum atomic E-state index is 12.7. The molecule has 9 heteroatoms. The molecule has 3 amide bonds. The van der Waals surface area contributed by atoms with Crippen molar-refractivity contribution < 1.29 is 19.1 Å². The van der Waals surface area contributed by atoms with Crippen LogP contribution in [-0.2, 0) is 9.59 Å². The lowest BCUT2D eigenvalue weighted by Crippen LogP contribution is -2.33. The first kappa shape index (κ1) is 25.5. The van der Waals surface area contributed by atoms with Crippen molar-refractivity contribution in [2.75, 3.05) is 17.2 Å². The molecule has 3 rings (SSSR count). The lowest BCUT2D eigenvalue weighted by molar-refractivity contribution is -0.136. The molecule has 3 aromatic rings. The minimum absolute atomic E-state index is 0.182. The average Bonchev–Trinajstić information content (AvgIpc) is 2.86. The molecule has 0 unspecified atom stereocenters. The van der Waals surface area contributed by atoms with E-state index in [2.05, 4.69) is 28.1 Å². The second-order valence-electron chi connectivity index (χ2n) is 7.43. The monoisotopic (exact) mass is 492 g/mol. The topological polar surface area (TPSA) is 109 Å². The van der Waals surface area contributed by atoms with E-state index >= 15 is 0 Å². The number of carbonyl (C=O) groups excluding carboxylic acids is 3. The fraction of sp³-hybridized carbons (Fsp3) is 0.154. The Kier molecular flexibility index (Phi) is 9.39. The van der Waals surface area contributed by atoms with Crippen LogP contribution in [0, 0.1) is 0 Å². The Morgan fingerprint density at radius 2 is 1.63 bits per heavy atom. The smallest absolute Gasteiger partial charge is 0.329 e. The van der Waals surface area contributed by atoms with Gasteiger partial charge in [-0.15, -0.1) is 0 Å². The van der Waals surface area contributed by atoms with Crippen LogP contribution in [0.5, 0.6) is 5.75 Å². The zero-order valence-corrected chi connectivity index (χ0v) is 19.8. The highest BCUT2D eigenvalue weighted by molar-refractivity contribution is 6.40. The van der Waals surface area contributed by atoms with E-state index in [4.69, 9.17) is 16.3 Å². The molecule has 0 saturated carbocycles. The fourth-order valence-corrected chi connectivity index (χ4v) is 3.03. The Morgan fingerprint density at radius 3 is 2.34 bits per heavy atom. The van der Waals surface area contributed by atoms with Gasteiger partial charge >= 0.3 is 11.8 Å². The number of halogens is 1. The zero-order valence-electron chi connectivity index (χ0n) is 19.1. The lowest BCUT2D eigenvalue weighted by Gasteiger charge is -2.11. The first-order valence-electron chi connectivity index (χ1n) is 11.0. The van der Waals surface area contributed by atoms with Crippen molar-refractivity contribution in [2.45, 2.75) is 19.8 Å². The molecular formula is C26H25ClN4O4. The van der Waals surface area contributed by atoms with Crippen LogP contribution in [0.25, 0.3) is 0 Å². The van der Waals surface area contributed by atoms with Crippen LogP contribution < -0.4 is 20.8 Å². The Bertz CT molecular complexity index is 1190. The molecule has 0 aliphatic heterocycles. The molecule has 0 heterocycles. The number of nitrogens with one attached hydrogen (secondary N) is 3. The number of hydrogen-bond acceptors (Lipinski definition) is 5. The highest BCUT2D eigenvalue weighted by Crippen LogP contribution is 2.19. The van der Waals surface area contributed by atoms with Crippen molar-refractivity contribution in [3.05, 3.63) is 88.9 Å². The fourth-order valence-electron chi connectivity index (χ4n) is 2.90. The third-order valence-corrected chi connectivity index (χ3v) is 5.01. The van der Waals surface area contributed by atoms with E-state index < -0.39 is 17.7 Å². The summed E-state index contributed by atoms with van der Waals surface area (Å²) in [5, 5.41) is 9.51. The van der Waals surface area contributed by atoms with E-state index in [9.17, 15) is 14.4 Å². The van der Waals surface area contributed by atoms with Gasteiger partial charge in [-0.25, -0.2) is 5.43 Å². The number of ether oxygens (including phenoxy) is 1. The molecule has 8 nitrogen and oxygen atoms in total. The van der Waals surface area contributed by atoms with Crippen LogP contribution in [-0.4, -0.2) is 30.5 Å². The molecule has 0 fully saturated rings. The third kappa shape index (κ3) is 7.97. The van der Waals surface area contributed by atoms with E-state index in [-0.39, 0.29) is 11.3 Å². The van der Waals surface area contributed by atoms with Gasteiger partial charge in [0.1, 0.15) is 5.75 Å². The summed E-state index contributed by atoms with van der Waals surface area (Å²) < 4.78 is 5.60. The van der Waals surface area contributed by atoms with Crippen molar-refractivity contribution in [3.63, 3.8) is 0 Å². The predicted molar refractivity (Wildman–Crippen MR) is 137 cm³/mol. The predicted octanol–water partition coefficient (Wildman–Crippen LogP) is 4.86. The Hall–Kier alpha value is -4.17. The molecule has 3 N–H and O–H groups in total. The van der Waals surface area contributed by atoms with Crippen LogP contribution in [0.4, 0.5) is 11.4 Å². The maximum absolute atomic E-state index is 12.7. The van der Waals surface area contributed by atoms with Crippen molar-refractivity contribution in [2.24, 2.45) is 5.10 Å². The van der Waals surface area contributed by atoms with E-state index in [1.807, 2.05) is 0 Å². The van der Waals surface area contributed by atoms with Crippen molar-refractivity contribution in [1.29, 1.82) is 0 Å². The number of rotatable bonds is 9. The molecule has 0 atom stereocenters. The molecule has 0 aromatic heterocycles. The number of hydrazone groups is 1. The van der Waals surface area contributed by atoms with Gasteiger partial charge in [-0.1, -0.05) is 37.1 Å². The molecule has 0 aliphatic carbocycles. The molecule has 0 spiro atoms. The number of nitrogens with zero attached hydrogens (tertiary/aromatic N) is 1. The first-order valence-corrected chi connectivity index (χ1v) is 11.4. The third-order valence-electron chi connectivity index (χ3n) is 4.75. The van der Waals surface area contributed by atoms with Crippen LogP contribution in [0.3, 0.4) is 0 Å². The summed E-state index contributed by atoms with van der Waals surface area (Å²) in [6.45, 7) is 2.75. The summed E-state index contributed by atoms with van der Waals surface area (Å²) in [5.41, 5.74) is 3.80. The number of para-hydroxylation sites is 1. The number of amides is 3. The number of carbonyl (C=O) groups is 3. The summed E-state index contributed by atoms with van der Waals surface area (Å²) in [6.07, 6.45) is 3.45. The summed E-state index contributed by atoms with van der Waals surface area (Å²) in [6, 6.07) is 20.1. The summed E-state index contributed by atoms with van der Waals surface area (Å²) >= 11 is 5.86. The second-order valence-corrected chi connectivity index (χ2v) is 7.87. The molecule has 0 saturated heterocycles. The second kappa shape index (κ2) is 12.9. The molecule has 0 aliphatic rings. The van der Waals surface area contributed by atoms with Gasteiger partial charge in [-0.2, -0.15) is 5.10 Å². The van der Waals surface area contributed by atoms with Crippen LogP contribution in [0.2, 0.25) is 5.02 Å². The van der Waals surface area contributed by atoms with Gasteiger partial charge < -0.3 is 15.4 Å². The van der Waals surface area contributed by atoms with E-state index in [0.717, 1.165) is 24.2 Å². The van der Waals surface area contributed by atoms with Gasteiger partial charge in [0.2, 0.25) is 0 Å². The summed E-state index contributed by atoms with van der Waals surface area (Å²) in [7, 11) is 0. The van der Waals surface area contributed by atoms with Gasteiger partial charge in [0, 0.05) is 10.7 Å². The van der Waals surface area contributed by atoms with E-state index in [1.54, 1.807) is 60.7 Å². The highest BCUT2D eigenvalue weighted by atomic mass is 35.5. The van der Waals surface area contributed by atoms with Crippen molar-refractivity contribution in [3.8, 4) is 5.75 Å². The first-order chi connectivity index (χ1) is 17.0. The minimum atomic E-state index is -0.978. The van der Waals surface area contributed by atoms with E-state index in [1.165, 1.54) is 18.3 Å². The molecule has 3 aromatic carbocycles. The summed E-state index contributed by atoms with van der Waals surface area (Å²) in [5.74, 6) is -1.65. The standard InChI is InChI=1S/C26H25ClN4O4/c1-2-3-16-35-21-14-8-18(9-15-21)17-28-31-26(34)25(33)30-23-7-5-4-6-22(23)24(32)29-20-12-10-19(27)11-13-20/h4-15,17H,2-3,16H2,1H3,(H,29,32)(H,30,33)(H,31,34)/b28-17+. The lowest BCUT2D eigenvalue weighted by atomic mass is 10.1. The average molecular weight is 493 g/mol. The Morgan fingerprint density at radius 1 is 0.914 bits per heavy atom. The van der Waals surface area contributed by atoms with Gasteiger partial charge in [0.25, 0.3) is 5.91 Å². The van der Waals surface area contributed by atoms with Gasteiger partial charge in [0.05, 0.1) is 24.1 Å².